The first kappa shape index (κ1) is 13.4. The fraction of sp³-hybridized carbons (Fsp3) is 0.389. The molecule has 3 aromatic rings. The molecule has 4 heteroatoms. The van der Waals surface area contributed by atoms with Crippen molar-refractivity contribution in [3.63, 3.8) is 0 Å². The number of aryl methyl sites for hydroxylation is 1. The molecule has 0 aliphatic heterocycles. The van der Waals surface area contributed by atoms with Gasteiger partial charge in [-0.25, -0.2) is 9.67 Å². The van der Waals surface area contributed by atoms with Gasteiger partial charge >= 0.3 is 0 Å². The van der Waals surface area contributed by atoms with Crippen LogP contribution < -0.4 is 0 Å². The minimum absolute atomic E-state index is 0.504. The SMILES string of the molecule is Cc1ccncc1-c1ccnc2c1cnn2C1CCCCC1. The summed E-state index contributed by atoms with van der Waals surface area (Å²) in [4.78, 5) is 8.89. The van der Waals surface area contributed by atoms with Crippen LogP contribution >= 0.6 is 0 Å². The summed E-state index contributed by atoms with van der Waals surface area (Å²) in [6, 6.07) is 4.62. The molecule has 3 aromatic heterocycles. The Kier molecular flexibility index (Phi) is 3.37. The molecular weight excluding hydrogens is 272 g/mol. The largest absolute Gasteiger partial charge is 0.264 e. The van der Waals surface area contributed by atoms with E-state index in [9.17, 15) is 0 Å². The second kappa shape index (κ2) is 5.52. The van der Waals surface area contributed by atoms with Crippen LogP contribution in [0.1, 0.15) is 43.7 Å². The summed E-state index contributed by atoms with van der Waals surface area (Å²) in [6.45, 7) is 2.12. The Morgan fingerprint density at radius 2 is 1.86 bits per heavy atom. The van der Waals surface area contributed by atoms with E-state index < -0.39 is 0 Å². The Balaban J connectivity index is 1.85. The second-order valence-corrected chi connectivity index (χ2v) is 6.17. The van der Waals surface area contributed by atoms with E-state index in [0.717, 1.165) is 16.6 Å². The Morgan fingerprint density at radius 3 is 2.68 bits per heavy atom. The predicted molar refractivity (Wildman–Crippen MR) is 87.6 cm³/mol. The van der Waals surface area contributed by atoms with Crippen molar-refractivity contribution >= 4 is 11.0 Å². The van der Waals surface area contributed by atoms with Crippen LogP contribution in [0.15, 0.2) is 36.9 Å². The molecule has 0 amide bonds. The zero-order valence-corrected chi connectivity index (χ0v) is 12.9. The van der Waals surface area contributed by atoms with Crippen LogP contribution in [-0.2, 0) is 0 Å². The van der Waals surface area contributed by atoms with Crippen molar-refractivity contribution in [3.05, 3.63) is 42.5 Å². The molecule has 4 rings (SSSR count). The lowest BCUT2D eigenvalue weighted by atomic mass is 9.95. The molecule has 3 heterocycles. The molecule has 0 bridgehead atoms. The maximum absolute atomic E-state index is 4.67. The highest BCUT2D eigenvalue weighted by molar-refractivity contribution is 5.93. The summed E-state index contributed by atoms with van der Waals surface area (Å²) in [7, 11) is 0. The first-order valence-corrected chi connectivity index (χ1v) is 8.08. The molecule has 1 aliphatic carbocycles. The molecule has 0 spiro atoms. The summed E-state index contributed by atoms with van der Waals surface area (Å²) >= 11 is 0. The Hall–Kier alpha value is -2.23. The highest BCUT2D eigenvalue weighted by Crippen LogP contribution is 2.33. The van der Waals surface area contributed by atoms with Crippen molar-refractivity contribution in [2.24, 2.45) is 0 Å². The van der Waals surface area contributed by atoms with Crippen LogP contribution in [0.25, 0.3) is 22.2 Å². The van der Waals surface area contributed by atoms with Gasteiger partial charge in [-0.05, 0) is 43.0 Å². The third kappa shape index (κ3) is 2.19. The zero-order valence-electron chi connectivity index (χ0n) is 12.9. The van der Waals surface area contributed by atoms with Crippen molar-refractivity contribution in [3.8, 4) is 11.1 Å². The van der Waals surface area contributed by atoms with Gasteiger partial charge in [-0.2, -0.15) is 5.10 Å². The molecular formula is C18H20N4. The molecule has 1 aliphatic rings. The number of rotatable bonds is 2. The standard InChI is InChI=1S/C18H20N4/c1-13-7-9-19-11-16(13)15-8-10-20-18-17(15)12-21-22(18)14-5-3-2-4-6-14/h7-12,14H,2-6H2,1H3. The fourth-order valence-electron chi connectivity index (χ4n) is 3.52. The van der Waals surface area contributed by atoms with E-state index in [0.29, 0.717) is 6.04 Å². The van der Waals surface area contributed by atoms with Gasteiger partial charge in [0.25, 0.3) is 0 Å². The highest BCUT2D eigenvalue weighted by Gasteiger charge is 2.20. The molecule has 1 saturated carbocycles. The van der Waals surface area contributed by atoms with Crippen molar-refractivity contribution in [2.75, 3.05) is 0 Å². The summed E-state index contributed by atoms with van der Waals surface area (Å²) in [5.74, 6) is 0. The van der Waals surface area contributed by atoms with Gasteiger partial charge in [0.15, 0.2) is 5.65 Å². The van der Waals surface area contributed by atoms with Crippen molar-refractivity contribution in [1.29, 1.82) is 0 Å². The molecule has 112 valence electrons. The van der Waals surface area contributed by atoms with Gasteiger partial charge in [-0.15, -0.1) is 0 Å². The fourth-order valence-corrected chi connectivity index (χ4v) is 3.52. The van der Waals surface area contributed by atoms with Crippen LogP contribution in [0.3, 0.4) is 0 Å². The van der Waals surface area contributed by atoms with Crippen molar-refractivity contribution in [2.45, 2.75) is 45.1 Å². The van der Waals surface area contributed by atoms with E-state index in [1.54, 1.807) is 0 Å². The molecule has 0 aromatic carbocycles. The van der Waals surface area contributed by atoms with E-state index in [1.165, 1.54) is 43.2 Å². The van der Waals surface area contributed by atoms with Crippen LogP contribution in [0.2, 0.25) is 0 Å². The number of fused-ring (bicyclic) bond motifs is 1. The lowest BCUT2D eigenvalue weighted by molar-refractivity contribution is 0.336. The molecule has 0 saturated heterocycles. The summed E-state index contributed by atoms with van der Waals surface area (Å²) in [5.41, 5.74) is 4.58. The normalized spacial score (nSPS) is 16.2. The van der Waals surface area contributed by atoms with E-state index in [-0.39, 0.29) is 0 Å². The number of hydrogen-bond acceptors (Lipinski definition) is 3. The monoisotopic (exact) mass is 292 g/mol. The lowest BCUT2D eigenvalue weighted by Crippen LogP contribution is -2.14. The third-order valence-corrected chi connectivity index (χ3v) is 4.75. The lowest BCUT2D eigenvalue weighted by Gasteiger charge is -2.22. The van der Waals surface area contributed by atoms with Crippen molar-refractivity contribution < 1.29 is 0 Å². The Labute approximate surface area is 130 Å². The molecule has 0 atom stereocenters. The van der Waals surface area contributed by atoms with Crippen LogP contribution in [0.4, 0.5) is 0 Å². The van der Waals surface area contributed by atoms with E-state index in [2.05, 4.69) is 32.7 Å². The minimum Gasteiger partial charge on any atom is -0.264 e. The van der Waals surface area contributed by atoms with Crippen LogP contribution in [0.5, 0.6) is 0 Å². The van der Waals surface area contributed by atoms with Gasteiger partial charge < -0.3 is 0 Å². The number of nitrogens with zero attached hydrogens (tertiary/aromatic N) is 4. The first-order valence-electron chi connectivity index (χ1n) is 8.08. The van der Waals surface area contributed by atoms with Gasteiger partial charge in [0.1, 0.15) is 0 Å². The highest BCUT2D eigenvalue weighted by atomic mass is 15.3. The predicted octanol–water partition coefficient (Wildman–Crippen LogP) is 4.31. The number of hydrogen-bond donors (Lipinski definition) is 0. The topological polar surface area (TPSA) is 43.6 Å². The number of pyridine rings is 2. The zero-order chi connectivity index (χ0) is 14.9. The van der Waals surface area contributed by atoms with Crippen LogP contribution in [0, 0.1) is 6.92 Å². The first-order chi connectivity index (χ1) is 10.8. The second-order valence-electron chi connectivity index (χ2n) is 6.17. The van der Waals surface area contributed by atoms with Crippen LogP contribution in [-0.4, -0.2) is 19.7 Å². The summed E-state index contributed by atoms with van der Waals surface area (Å²) in [5, 5.41) is 5.80. The maximum Gasteiger partial charge on any atom is 0.158 e. The van der Waals surface area contributed by atoms with Gasteiger partial charge in [0, 0.05) is 29.5 Å². The molecule has 1 fully saturated rings. The quantitative estimate of drug-likeness (QED) is 0.707. The molecule has 22 heavy (non-hydrogen) atoms. The average Bonchev–Trinajstić information content (AvgIpc) is 3.00. The maximum atomic E-state index is 4.67. The Morgan fingerprint density at radius 1 is 1.00 bits per heavy atom. The summed E-state index contributed by atoms with van der Waals surface area (Å²) < 4.78 is 2.14. The molecule has 0 unspecified atom stereocenters. The summed E-state index contributed by atoms with van der Waals surface area (Å²) in [6.07, 6.45) is 14.0. The van der Waals surface area contributed by atoms with E-state index in [4.69, 9.17) is 0 Å². The van der Waals surface area contributed by atoms with E-state index >= 15 is 0 Å². The van der Waals surface area contributed by atoms with Gasteiger partial charge in [-0.3, -0.25) is 4.98 Å². The Bertz CT molecular complexity index is 800. The third-order valence-electron chi connectivity index (χ3n) is 4.75. The smallest absolute Gasteiger partial charge is 0.158 e. The van der Waals surface area contributed by atoms with Gasteiger partial charge in [0.05, 0.1) is 12.2 Å². The van der Waals surface area contributed by atoms with Gasteiger partial charge in [0.2, 0.25) is 0 Å². The molecule has 0 radical (unpaired) electrons. The van der Waals surface area contributed by atoms with Gasteiger partial charge in [-0.1, -0.05) is 19.3 Å². The molecule has 0 N–H and O–H groups in total. The minimum atomic E-state index is 0.504. The molecule has 4 nitrogen and oxygen atoms in total. The number of aromatic nitrogens is 4. The van der Waals surface area contributed by atoms with Crippen molar-refractivity contribution in [1.82, 2.24) is 19.7 Å². The average molecular weight is 292 g/mol. The van der Waals surface area contributed by atoms with E-state index in [1.807, 2.05) is 30.9 Å².